The molecule has 192 valence electrons. The summed E-state index contributed by atoms with van der Waals surface area (Å²) in [6, 6.07) is 0. The molecule has 9 heteroatoms. The highest BCUT2D eigenvalue weighted by Gasteiger charge is 2.39. The lowest BCUT2D eigenvalue weighted by atomic mass is 9.78. The molecule has 1 saturated heterocycles. The van der Waals surface area contributed by atoms with Gasteiger partial charge in [0.25, 0.3) is 5.92 Å². The second kappa shape index (κ2) is 10.9. The van der Waals surface area contributed by atoms with Crippen LogP contribution < -0.4 is 4.90 Å². The number of hydrogen-bond acceptors (Lipinski definition) is 7. The number of aryl methyl sites for hydroxylation is 1. The van der Waals surface area contributed by atoms with Crippen LogP contribution in [-0.4, -0.2) is 59.3 Å². The molecule has 5 rings (SSSR count). The molecule has 0 unspecified atom stereocenters. The van der Waals surface area contributed by atoms with Gasteiger partial charge in [0.2, 0.25) is 0 Å². The van der Waals surface area contributed by atoms with Gasteiger partial charge in [0.15, 0.2) is 5.13 Å². The van der Waals surface area contributed by atoms with E-state index in [9.17, 15) is 13.6 Å². The van der Waals surface area contributed by atoms with Crippen LogP contribution in [-0.2, 0) is 24.1 Å². The molecule has 0 N–H and O–H groups in total. The molecule has 0 bridgehead atoms. The zero-order valence-electron chi connectivity index (χ0n) is 20.6. The van der Waals surface area contributed by atoms with Gasteiger partial charge in [0, 0.05) is 61.3 Å². The number of thiazole rings is 2. The number of nitrogens with zero attached hydrogens (tertiary/aromatic N) is 4. The summed E-state index contributed by atoms with van der Waals surface area (Å²) < 4.78 is 27.2. The molecule has 2 fully saturated rings. The Labute approximate surface area is 215 Å². The standard InChI is InChI=1S/C26H36F2N4OS2/c1-18-29-16-22(34-18)15-21(33)14-20-4-2-19(3-5-20)6-10-31-11-7-23-24(8-12-31)35-25(30-23)32-13-9-26(27,28)17-32/h16,19-20H,2-15,17H2,1H3. The quantitative estimate of drug-likeness (QED) is 0.455. The monoisotopic (exact) mass is 522 g/mol. The smallest absolute Gasteiger partial charge is 0.267 e. The maximum absolute atomic E-state index is 13.6. The van der Waals surface area contributed by atoms with Crippen molar-refractivity contribution in [2.45, 2.75) is 77.1 Å². The molecule has 0 atom stereocenters. The average Bonchev–Trinajstić information content (AvgIpc) is 3.49. The zero-order valence-corrected chi connectivity index (χ0v) is 22.2. The van der Waals surface area contributed by atoms with Gasteiger partial charge in [-0.25, -0.2) is 18.7 Å². The van der Waals surface area contributed by atoms with Gasteiger partial charge in [0.05, 0.1) is 17.2 Å². The minimum atomic E-state index is -2.57. The molecule has 4 heterocycles. The zero-order chi connectivity index (χ0) is 24.4. The molecular formula is C26H36F2N4OS2. The molecule has 2 aliphatic heterocycles. The van der Waals surface area contributed by atoms with Gasteiger partial charge in [-0.15, -0.1) is 22.7 Å². The number of halogens is 2. The van der Waals surface area contributed by atoms with E-state index in [1.165, 1.54) is 37.0 Å². The maximum Gasteiger partial charge on any atom is 0.267 e. The highest BCUT2D eigenvalue weighted by atomic mass is 32.1. The van der Waals surface area contributed by atoms with Crippen LogP contribution in [0.4, 0.5) is 13.9 Å². The van der Waals surface area contributed by atoms with Crippen LogP contribution in [0.25, 0.3) is 0 Å². The van der Waals surface area contributed by atoms with E-state index in [2.05, 4.69) is 9.88 Å². The van der Waals surface area contributed by atoms with Gasteiger partial charge in [-0.05, 0) is 51.0 Å². The Balaban J connectivity index is 1.01. The number of aromatic nitrogens is 2. The van der Waals surface area contributed by atoms with Crippen LogP contribution in [0.1, 0.15) is 65.4 Å². The predicted octanol–water partition coefficient (Wildman–Crippen LogP) is 5.55. The number of fused-ring (bicyclic) bond motifs is 1. The summed E-state index contributed by atoms with van der Waals surface area (Å²) in [4.78, 5) is 28.2. The predicted molar refractivity (Wildman–Crippen MR) is 138 cm³/mol. The molecule has 1 saturated carbocycles. The Morgan fingerprint density at radius 1 is 1.11 bits per heavy atom. The van der Waals surface area contributed by atoms with Gasteiger partial charge >= 0.3 is 0 Å². The van der Waals surface area contributed by atoms with E-state index in [-0.39, 0.29) is 13.0 Å². The summed E-state index contributed by atoms with van der Waals surface area (Å²) in [5, 5.41) is 1.82. The molecule has 35 heavy (non-hydrogen) atoms. The van der Waals surface area contributed by atoms with Gasteiger partial charge in [-0.2, -0.15) is 0 Å². The van der Waals surface area contributed by atoms with Gasteiger partial charge < -0.3 is 9.80 Å². The molecule has 0 spiro atoms. The molecule has 2 aromatic rings. The first kappa shape index (κ1) is 25.2. The third kappa shape index (κ3) is 6.66. The topological polar surface area (TPSA) is 49.3 Å². The molecular weight excluding hydrogens is 486 g/mol. The molecule has 0 aromatic carbocycles. The first-order valence-corrected chi connectivity index (χ1v) is 14.7. The summed E-state index contributed by atoms with van der Waals surface area (Å²) >= 11 is 3.26. The van der Waals surface area contributed by atoms with Crippen molar-refractivity contribution < 1.29 is 13.6 Å². The minimum Gasteiger partial charge on any atom is -0.342 e. The number of anilines is 1. The SMILES string of the molecule is Cc1ncc(CC(=O)CC2CCC(CCN3CCc4nc(N5CCC(F)(F)C5)sc4CC3)CC2)s1. The van der Waals surface area contributed by atoms with Crippen molar-refractivity contribution in [2.24, 2.45) is 11.8 Å². The van der Waals surface area contributed by atoms with Crippen LogP contribution in [0.15, 0.2) is 6.20 Å². The van der Waals surface area contributed by atoms with Crippen molar-refractivity contribution in [3.63, 3.8) is 0 Å². The summed E-state index contributed by atoms with van der Waals surface area (Å²) in [7, 11) is 0. The van der Waals surface area contributed by atoms with Crippen LogP contribution in [0, 0.1) is 18.8 Å². The Morgan fingerprint density at radius 3 is 2.60 bits per heavy atom. The van der Waals surface area contributed by atoms with Crippen LogP contribution in [0.5, 0.6) is 0 Å². The van der Waals surface area contributed by atoms with Crippen molar-refractivity contribution in [2.75, 3.05) is 37.6 Å². The number of ketones is 1. The van der Waals surface area contributed by atoms with E-state index in [0.29, 0.717) is 24.7 Å². The third-order valence-corrected chi connectivity index (χ3v) is 10.0. The lowest BCUT2D eigenvalue weighted by Gasteiger charge is -2.30. The van der Waals surface area contributed by atoms with Crippen molar-refractivity contribution >= 4 is 33.6 Å². The number of Topliss-reactive ketones (excluding diaryl/α,β-unsaturated/α-hetero) is 1. The molecule has 1 aliphatic carbocycles. The molecule has 5 nitrogen and oxygen atoms in total. The lowest BCUT2D eigenvalue weighted by molar-refractivity contribution is -0.119. The normalized spacial score (nSPS) is 24.9. The van der Waals surface area contributed by atoms with Crippen molar-refractivity contribution in [3.05, 3.63) is 26.7 Å². The fourth-order valence-electron chi connectivity index (χ4n) is 5.82. The highest BCUT2D eigenvalue weighted by molar-refractivity contribution is 7.15. The number of hydrogen-bond donors (Lipinski definition) is 0. The van der Waals surface area contributed by atoms with E-state index >= 15 is 0 Å². The summed E-state index contributed by atoms with van der Waals surface area (Å²) in [6.45, 7) is 5.37. The summed E-state index contributed by atoms with van der Waals surface area (Å²) in [5.41, 5.74) is 1.13. The minimum absolute atomic E-state index is 0.0597. The van der Waals surface area contributed by atoms with Gasteiger partial charge in [-0.3, -0.25) is 4.79 Å². The Kier molecular flexibility index (Phi) is 7.84. The molecule has 0 radical (unpaired) electrons. The first-order valence-electron chi connectivity index (χ1n) is 13.1. The lowest BCUT2D eigenvalue weighted by Crippen LogP contribution is -2.30. The highest BCUT2D eigenvalue weighted by Crippen LogP contribution is 2.36. The van der Waals surface area contributed by atoms with Crippen molar-refractivity contribution in [1.82, 2.24) is 14.9 Å². The van der Waals surface area contributed by atoms with Crippen LogP contribution in [0.3, 0.4) is 0 Å². The number of alkyl halides is 2. The van der Waals surface area contributed by atoms with E-state index in [4.69, 9.17) is 4.98 Å². The van der Waals surface area contributed by atoms with Crippen LogP contribution in [0.2, 0.25) is 0 Å². The van der Waals surface area contributed by atoms with E-state index < -0.39 is 5.92 Å². The van der Waals surface area contributed by atoms with E-state index in [1.807, 2.05) is 13.1 Å². The number of rotatable bonds is 8. The second-order valence-electron chi connectivity index (χ2n) is 10.7. The van der Waals surface area contributed by atoms with Crippen LogP contribution >= 0.6 is 22.7 Å². The first-order chi connectivity index (χ1) is 16.8. The maximum atomic E-state index is 13.6. The van der Waals surface area contributed by atoms with Crippen molar-refractivity contribution in [3.8, 4) is 0 Å². The Bertz CT molecular complexity index is 989. The fourth-order valence-corrected chi connectivity index (χ4v) is 7.76. The van der Waals surface area contributed by atoms with E-state index in [1.54, 1.807) is 27.6 Å². The molecule has 2 aromatic heterocycles. The van der Waals surface area contributed by atoms with Gasteiger partial charge in [-0.1, -0.05) is 12.8 Å². The largest absolute Gasteiger partial charge is 0.342 e. The fraction of sp³-hybridized carbons (Fsp3) is 0.731. The molecule has 3 aliphatic rings. The summed E-state index contributed by atoms with van der Waals surface area (Å²) in [5.74, 6) is -0.887. The number of carbonyl (C=O) groups is 1. The summed E-state index contributed by atoms with van der Waals surface area (Å²) in [6.07, 6.45) is 11.0. The Morgan fingerprint density at radius 2 is 1.89 bits per heavy atom. The third-order valence-electron chi connectivity index (χ3n) is 7.90. The Hall–Kier alpha value is -1.45. The average molecular weight is 523 g/mol. The number of carbonyl (C=O) groups excluding carboxylic acids is 1. The van der Waals surface area contributed by atoms with Crippen molar-refractivity contribution in [1.29, 1.82) is 0 Å². The molecule has 0 amide bonds. The van der Waals surface area contributed by atoms with E-state index in [0.717, 1.165) is 65.5 Å². The second-order valence-corrected chi connectivity index (χ2v) is 13.1. The van der Waals surface area contributed by atoms with Gasteiger partial charge in [0.1, 0.15) is 5.78 Å².